The molecule has 0 unspecified atom stereocenters. The van der Waals surface area contributed by atoms with Gasteiger partial charge in [0.15, 0.2) is 5.65 Å². The van der Waals surface area contributed by atoms with Crippen LogP contribution in [0.5, 0.6) is 0 Å². The first-order valence-corrected chi connectivity index (χ1v) is 8.31. The average Bonchev–Trinajstić information content (AvgIpc) is 3.40. The lowest BCUT2D eigenvalue weighted by Crippen LogP contribution is -2.35. The van der Waals surface area contributed by atoms with Crippen molar-refractivity contribution in [1.82, 2.24) is 24.2 Å². The van der Waals surface area contributed by atoms with Crippen LogP contribution in [0.1, 0.15) is 11.5 Å². The van der Waals surface area contributed by atoms with E-state index in [-0.39, 0.29) is 31.1 Å². The van der Waals surface area contributed by atoms with Gasteiger partial charge >= 0.3 is 0 Å². The van der Waals surface area contributed by atoms with Gasteiger partial charge in [-0.1, -0.05) is 0 Å². The molecule has 0 aliphatic carbocycles. The molecule has 27 heavy (non-hydrogen) atoms. The molecule has 1 amide bonds. The number of furan rings is 2. The van der Waals surface area contributed by atoms with Crippen molar-refractivity contribution in [3.8, 4) is 0 Å². The minimum Gasteiger partial charge on any atom is -0.467 e. The number of rotatable bonds is 6. The zero-order valence-corrected chi connectivity index (χ0v) is 14.6. The number of amides is 1. The molecule has 0 radical (unpaired) electrons. The van der Waals surface area contributed by atoms with E-state index in [2.05, 4.69) is 10.1 Å². The Kier molecular flexibility index (Phi) is 4.33. The number of hydrogen-bond donors (Lipinski definition) is 0. The van der Waals surface area contributed by atoms with Crippen molar-refractivity contribution in [2.24, 2.45) is 7.05 Å². The number of aromatic nitrogens is 4. The summed E-state index contributed by atoms with van der Waals surface area (Å²) >= 11 is 0. The summed E-state index contributed by atoms with van der Waals surface area (Å²) in [5.41, 5.74) is 0.170. The largest absolute Gasteiger partial charge is 0.467 e. The summed E-state index contributed by atoms with van der Waals surface area (Å²) in [6, 6.07) is 7.10. The van der Waals surface area contributed by atoms with Crippen LogP contribution < -0.4 is 5.56 Å². The molecule has 4 rings (SSSR count). The zero-order valence-electron chi connectivity index (χ0n) is 14.6. The zero-order chi connectivity index (χ0) is 18.8. The highest BCUT2D eigenvalue weighted by Gasteiger charge is 2.19. The quantitative estimate of drug-likeness (QED) is 0.513. The highest BCUT2D eigenvalue weighted by atomic mass is 16.3. The Hall–Kier alpha value is -3.62. The topological polar surface area (TPSA) is 99.3 Å². The molecule has 0 saturated heterocycles. The molecule has 0 atom stereocenters. The first kappa shape index (κ1) is 16.8. The Morgan fingerprint density at radius 3 is 2.41 bits per heavy atom. The van der Waals surface area contributed by atoms with Crippen molar-refractivity contribution in [3.63, 3.8) is 0 Å². The Morgan fingerprint density at radius 2 is 1.81 bits per heavy atom. The molecule has 0 aromatic carbocycles. The van der Waals surface area contributed by atoms with Crippen LogP contribution in [0, 0.1) is 0 Å². The van der Waals surface area contributed by atoms with Gasteiger partial charge in [0.2, 0.25) is 5.91 Å². The number of carbonyl (C=O) groups is 1. The summed E-state index contributed by atoms with van der Waals surface area (Å²) in [7, 11) is 1.71. The molecule has 4 aromatic heterocycles. The van der Waals surface area contributed by atoms with Crippen LogP contribution in [0.2, 0.25) is 0 Å². The Balaban J connectivity index is 1.59. The smallest absolute Gasteiger partial charge is 0.264 e. The van der Waals surface area contributed by atoms with E-state index in [4.69, 9.17) is 8.83 Å². The van der Waals surface area contributed by atoms with Gasteiger partial charge in [-0.2, -0.15) is 5.10 Å². The molecule has 0 bridgehead atoms. The number of fused-ring (bicyclic) bond motifs is 1. The van der Waals surface area contributed by atoms with Crippen LogP contribution in [0.4, 0.5) is 0 Å². The Bertz CT molecular complexity index is 1070. The summed E-state index contributed by atoms with van der Waals surface area (Å²) < 4.78 is 13.5. The maximum Gasteiger partial charge on any atom is 0.264 e. The van der Waals surface area contributed by atoms with E-state index in [0.717, 1.165) is 0 Å². The molecule has 4 aromatic rings. The van der Waals surface area contributed by atoms with Crippen LogP contribution in [-0.2, 0) is 31.5 Å². The molecule has 4 heterocycles. The molecule has 0 N–H and O–H groups in total. The highest BCUT2D eigenvalue weighted by Crippen LogP contribution is 2.12. The lowest BCUT2D eigenvalue weighted by molar-refractivity contribution is -0.133. The minimum absolute atomic E-state index is 0.141. The van der Waals surface area contributed by atoms with Gasteiger partial charge in [-0.25, -0.2) is 4.98 Å². The van der Waals surface area contributed by atoms with Gasteiger partial charge in [-0.05, 0) is 24.3 Å². The molecule has 9 heteroatoms. The molecule has 138 valence electrons. The van der Waals surface area contributed by atoms with Gasteiger partial charge < -0.3 is 13.7 Å². The maximum absolute atomic E-state index is 12.9. The predicted octanol–water partition coefficient (Wildman–Crippen LogP) is 1.54. The maximum atomic E-state index is 12.9. The van der Waals surface area contributed by atoms with Crippen LogP contribution in [0.25, 0.3) is 11.0 Å². The first-order chi connectivity index (χ1) is 13.1. The minimum atomic E-state index is -0.308. The second kappa shape index (κ2) is 6.94. The van der Waals surface area contributed by atoms with Crippen LogP contribution in [0.3, 0.4) is 0 Å². The second-order valence-corrected chi connectivity index (χ2v) is 6.09. The molecule has 0 aliphatic rings. The van der Waals surface area contributed by atoms with E-state index < -0.39 is 0 Å². The highest BCUT2D eigenvalue weighted by molar-refractivity contribution is 5.77. The Morgan fingerprint density at radius 1 is 1.15 bits per heavy atom. The van der Waals surface area contributed by atoms with Crippen LogP contribution >= 0.6 is 0 Å². The number of nitrogens with zero attached hydrogens (tertiary/aromatic N) is 5. The normalized spacial score (nSPS) is 11.1. The third kappa shape index (κ3) is 3.39. The number of aryl methyl sites for hydroxylation is 1. The van der Waals surface area contributed by atoms with Crippen molar-refractivity contribution in [2.45, 2.75) is 19.6 Å². The summed E-state index contributed by atoms with van der Waals surface area (Å²) in [6.07, 6.45) is 5.92. The third-order valence-corrected chi connectivity index (χ3v) is 4.23. The van der Waals surface area contributed by atoms with Crippen molar-refractivity contribution in [2.75, 3.05) is 0 Å². The standard InChI is InChI=1S/C18H17N5O4/c1-21-17-15(8-20-21)18(25)23(12-19-17)11-16(24)22(9-13-4-2-6-26-13)10-14-5-3-7-27-14/h2-8,12H,9-11H2,1H3. The fourth-order valence-corrected chi connectivity index (χ4v) is 2.84. The van der Waals surface area contributed by atoms with E-state index in [1.807, 2.05) is 0 Å². The van der Waals surface area contributed by atoms with Crippen molar-refractivity contribution in [3.05, 3.63) is 71.2 Å². The van der Waals surface area contributed by atoms with E-state index in [0.29, 0.717) is 22.6 Å². The molecular formula is C18H17N5O4. The van der Waals surface area contributed by atoms with E-state index >= 15 is 0 Å². The molecule has 9 nitrogen and oxygen atoms in total. The van der Waals surface area contributed by atoms with Gasteiger partial charge in [0.25, 0.3) is 5.56 Å². The van der Waals surface area contributed by atoms with Gasteiger partial charge in [-0.3, -0.25) is 18.8 Å². The van der Waals surface area contributed by atoms with E-state index in [1.54, 1.807) is 48.7 Å². The van der Waals surface area contributed by atoms with E-state index in [1.165, 1.54) is 21.8 Å². The molecule has 0 aliphatic heterocycles. The van der Waals surface area contributed by atoms with E-state index in [9.17, 15) is 9.59 Å². The number of carbonyl (C=O) groups excluding carboxylic acids is 1. The average molecular weight is 367 g/mol. The SMILES string of the molecule is Cn1ncc2c(=O)n(CC(=O)N(Cc3ccco3)Cc3ccco3)cnc21. The molecule has 0 saturated carbocycles. The fraction of sp³-hybridized carbons (Fsp3) is 0.222. The molecule has 0 spiro atoms. The van der Waals surface area contributed by atoms with Crippen LogP contribution in [0.15, 0.2) is 62.9 Å². The third-order valence-electron chi connectivity index (χ3n) is 4.23. The lowest BCUT2D eigenvalue weighted by Gasteiger charge is -2.21. The molecule has 0 fully saturated rings. The monoisotopic (exact) mass is 367 g/mol. The molecular weight excluding hydrogens is 350 g/mol. The Labute approximate surface area is 153 Å². The lowest BCUT2D eigenvalue weighted by atomic mass is 10.3. The second-order valence-electron chi connectivity index (χ2n) is 6.09. The first-order valence-electron chi connectivity index (χ1n) is 8.31. The van der Waals surface area contributed by atoms with Gasteiger partial charge in [0, 0.05) is 7.05 Å². The summed E-state index contributed by atoms with van der Waals surface area (Å²) in [5.74, 6) is 1.03. The van der Waals surface area contributed by atoms with Gasteiger partial charge in [0.05, 0.1) is 31.8 Å². The fourth-order valence-electron chi connectivity index (χ4n) is 2.84. The summed E-state index contributed by atoms with van der Waals surface area (Å²) in [6.45, 7) is 0.395. The van der Waals surface area contributed by atoms with Crippen molar-refractivity contribution in [1.29, 1.82) is 0 Å². The predicted molar refractivity (Wildman–Crippen MR) is 94.4 cm³/mol. The van der Waals surface area contributed by atoms with Crippen LogP contribution in [-0.4, -0.2) is 30.1 Å². The van der Waals surface area contributed by atoms with Crippen molar-refractivity contribution >= 4 is 16.9 Å². The summed E-state index contributed by atoms with van der Waals surface area (Å²) in [4.78, 5) is 31.3. The van der Waals surface area contributed by atoms with Gasteiger partial charge in [0.1, 0.15) is 29.8 Å². The van der Waals surface area contributed by atoms with Gasteiger partial charge in [-0.15, -0.1) is 0 Å². The van der Waals surface area contributed by atoms with Crippen molar-refractivity contribution < 1.29 is 13.6 Å². The number of hydrogen-bond acceptors (Lipinski definition) is 6. The summed E-state index contributed by atoms with van der Waals surface area (Å²) in [5, 5.41) is 4.40.